The third-order valence-corrected chi connectivity index (χ3v) is 5.91. The maximum atomic E-state index is 13.0. The predicted molar refractivity (Wildman–Crippen MR) is 97.6 cm³/mol. The van der Waals surface area contributed by atoms with Gasteiger partial charge in [-0.25, -0.2) is 4.79 Å². The number of carbonyl (C=O) groups is 3. The van der Waals surface area contributed by atoms with Gasteiger partial charge in [-0.05, 0) is 62.0 Å². The van der Waals surface area contributed by atoms with E-state index in [9.17, 15) is 14.4 Å². The van der Waals surface area contributed by atoms with Crippen LogP contribution in [0, 0.1) is 18.8 Å². The van der Waals surface area contributed by atoms with Gasteiger partial charge in [0.15, 0.2) is 0 Å². The number of amides is 4. The van der Waals surface area contributed by atoms with E-state index in [-0.39, 0.29) is 30.2 Å². The third kappa shape index (κ3) is 2.68. The number of anilines is 1. The van der Waals surface area contributed by atoms with Crippen molar-refractivity contribution in [3.05, 3.63) is 29.3 Å². The van der Waals surface area contributed by atoms with Crippen LogP contribution in [0.3, 0.4) is 0 Å². The average molecular weight is 355 g/mol. The lowest BCUT2D eigenvalue weighted by Crippen LogP contribution is -2.51. The molecule has 3 aliphatic rings. The van der Waals surface area contributed by atoms with E-state index in [1.807, 2.05) is 32.0 Å². The Morgan fingerprint density at radius 3 is 2.46 bits per heavy atom. The largest absolute Gasteiger partial charge is 0.325 e. The maximum Gasteiger partial charge on any atom is 0.325 e. The fourth-order valence-corrected chi connectivity index (χ4v) is 4.25. The molecule has 1 heterocycles. The number of urea groups is 1. The summed E-state index contributed by atoms with van der Waals surface area (Å²) in [6, 6.07) is 5.44. The topological polar surface area (TPSA) is 78.5 Å². The molecule has 4 amide bonds. The van der Waals surface area contributed by atoms with Gasteiger partial charge >= 0.3 is 6.03 Å². The molecule has 3 fully saturated rings. The molecule has 0 radical (unpaired) electrons. The van der Waals surface area contributed by atoms with E-state index in [1.165, 1.54) is 0 Å². The van der Waals surface area contributed by atoms with Crippen molar-refractivity contribution in [1.82, 2.24) is 10.2 Å². The number of imide groups is 1. The second-order valence-corrected chi connectivity index (χ2v) is 7.75. The molecule has 2 aliphatic carbocycles. The smallest absolute Gasteiger partial charge is 0.324 e. The van der Waals surface area contributed by atoms with Crippen LogP contribution < -0.4 is 10.6 Å². The highest BCUT2D eigenvalue weighted by Gasteiger charge is 2.65. The minimum Gasteiger partial charge on any atom is -0.324 e. The molecule has 1 aliphatic heterocycles. The summed E-state index contributed by atoms with van der Waals surface area (Å²) in [5.74, 6) is -0.0619. The molecule has 2 saturated carbocycles. The summed E-state index contributed by atoms with van der Waals surface area (Å²) in [6.07, 6.45) is 4.71. The van der Waals surface area contributed by atoms with Crippen LogP contribution in [0.2, 0.25) is 0 Å². The van der Waals surface area contributed by atoms with Crippen molar-refractivity contribution >= 4 is 23.5 Å². The van der Waals surface area contributed by atoms with Crippen molar-refractivity contribution in [2.75, 3.05) is 11.9 Å². The number of aryl methyl sites for hydroxylation is 2. The lowest BCUT2D eigenvalue weighted by Gasteiger charge is -2.26. The molecule has 1 saturated heterocycles. The summed E-state index contributed by atoms with van der Waals surface area (Å²) in [6.45, 7) is 3.73. The summed E-state index contributed by atoms with van der Waals surface area (Å²) in [5, 5.41) is 5.85. The first-order valence-electron chi connectivity index (χ1n) is 9.49. The van der Waals surface area contributed by atoms with Crippen LogP contribution in [0.4, 0.5) is 10.5 Å². The second kappa shape index (κ2) is 6.11. The van der Waals surface area contributed by atoms with E-state index in [2.05, 4.69) is 10.6 Å². The number of rotatable bonds is 6. The normalized spacial score (nSPS) is 21.7. The van der Waals surface area contributed by atoms with Crippen LogP contribution in [0.25, 0.3) is 0 Å². The molecule has 6 nitrogen and oxygen atoms in total. The van der Waals surface area contributed by atoms with Gasteiger partial charge in [-0.1, -0.05) is 25.1 Å². The lowest BCUT2D eigenvalue weighted by molar-refractivity contribution is -0.135. The first-order chi connectivity index (χ1) is 12.5. The van der Waals surface area contributed by atoms with E-state index in [4.69, 9.17) is 0 Å². The van der Waals surface area contributed by atoms with Crippen molar-refractivity contribution in [2.45, 2.75) is 51.5 Å². The molecule has 4 rings (SSSR count). The van der Waals surface area contributed by atoms with Crippen LogP contribution in [-0.4, -0.2) is 34.8 Å². The molecule has 26 heavy (non-hydrogen) atoms. The number of carbonyl (C=O) groups excluding carboxylic acids is 3. The van der Waals surface area contributed by atoms with Crippen molar-refractivity contribution in [2.24, 2.45) is 11.8 Å². The van der Waals surface area contributed by atoms with Gasteiger partial charge in [-0.2, -0.15) is 0 Å². The molecule has 0 atom stereocenters. The Morgan fingerprint density at radius 1 is 1.23 bits per heavy atom. The third-order valence-electron chi connectivity index (χ3n) is 5.91. The van der Waals surface area contributed by atoms with Crippen LogP contribution in [0.5, 0.6) is 0 Å². The molecule has 0 unspecified atom stereocenters. The minimum atomic E-state index is -0.741. The highest BCUT2D eigenvalue weighted by Crippen LogP contribution is 2.54. The number of benzene rings is 1. The Kier molecular flexibility index (Phi) is 4.01. The molecular formula is C20H25N3O3. The Hall–Kier alpha value is -2.37. The molecule has 1 aromatic carbocycles. The zero-order valence-electron chi connectivity index (χ0n) is 15.3. The maximum absolute atomic E-state index is 13.0. The fourth-order valence-electron chi connectivity index (χ4n) is 4.25. The van der Waals surface area contributed by atoms with Crippen molar-refractivity contribution in [1.29, 1.82) is 0 Å². The first kappa shape index (κ1) is 17.1. The van der Waals surface area contributed by atoms with Crippen molar-refractivity contribution < 1.29 is 14.4 Å². The summed E-state index contributed by atoms with van der Waals surface area (Å²) < 4.78 is 0. The van der Waals surface area contributed by atoms with Gasteiger partial charge in [0.25, 0.3) is 5.91 Å². The monoisotopic (exact) mass is 355 g/mol. The van der Waals surface area contributed by atoms with E-state index < -0.39 is 11.6 Å². The lowest BCUT2D eigenvalue weighted by atomic mass is 9.87. The molecule has 2 N–H and O–H groups in total. The van der Waals surface area contributed by atoms with Gasteiger partial charge in [-0.15, -0.1) is 0 Å². The first-order valence-corrected chi connectivity index (χ1v) is 9.49. The molecule has 1 aromatic rings. The Balaban J connectivity index is 1.50. The number of nitrogens with one attached hydrogen (secondary N) is 2. The second-order valence-electron chi connectivity index (χ2n) is 7.75. The highest BCUT2D eigenvalue weighted by molar-refractivity contribution is 6.11. The highest BCUT2D eigenvalue weighted by atomic mass is 16.2. The predicted octanol–water partition coefficient (Wildman–Crippen LogP) is 2.61. The Labute approximate surface area is 153 Å². The van der Waals surface area contributed by atoms with Gasteiger partial charge in [0.05, 0.1) is 0 Å². The number of para-hydroxylation sites is 1. The summed E-state index contributed by atoms with van der Waals surface area (Å²) in [5.41, 5.74) is 2.05. The van der Waals surface area contributed by atoms with E-state index >= 15 is 0 Å². The van der Waals surface area contributed by atoms with Crippen LogP contribution >= 0.6 is 0 Å². The van der Waals surface area contributed by atoms with Gasteiger partial charge < -0.3 is 10.6 Å². The van der Waals surface area contributed by atoms with Crippen LogP contribution in [0.15, 0.2) is 18.2 Å². The summed E-state index contributed by atoms with van der Waals surface area (Å²) >= 11 is 0. The van der Waals surface area contributed by atoms with E-state index in [0.29, 0.717) is 0 Å². The van der Waals surface area contributed by atoms with Gasteiger partial charge in [0.1, 0.15) is 12.1 Å². The standard InChI is InChI=1S/C20H25N3O3/c1-3-13-6-4-5-12(2)17(13)21-16(24)11-23-18(25)20(14-7-8-14,15-9-10-15)22-19(23)26/h4-6,14-15H,3,7-11H2,1-2H3,(H,21,24)(H,22,26). The van der Waals surface area contributed by atoms with Gasteiger partial charge in [-0.3, -0.25) is 14.5 Å². The SMILES string of the molecule is CCc1cccc(C)c1NC(=O)CN1C(=O)NC(C2CC2)(C2CC2)C1=O. The molecule has 0 spiro atoms. The minimum absolute atomic E-state index is 0.205. The number of hydrogen-bond donors (Lipinski definition) is 2. The molecule has 6 heteroatoms. The van der Waals surface area contributed by atoms with E-state index in [1.54, 1.807) is 0 Å². The molecule has 138 valence electrons. The van der Waals surface area contributed by atoms with Crippen LogP contribution in [0.1, 0.15) is 43.7 Å². The summed E-state index contributed by atoms with van der Waals surface area (Å²) in [7, 11) is 0. The van der Waals surface area contributed by atoms with Crippen molar-refractivity contribution in [3.8, 4) is 0 Å². The Bertz CT molecular complexity index is 769. The molecular weight excluding hydrogens is 330 g/mol. The summed E-state index contributed by atoms with van der Waals surface area (Å²) in [4.78, 5) is 39.2. The van der Waals surface area contributed by atoms with Gasteiger partial charge in [0, 0.05) is 5.69 Å². The number of hydrogen-bond acceptors (Lipinski definition) is 3. The van der Waals surface area contributed by atoms with Gasteiger partial charge in [0.2, 0.25) is 5.91 Å². The van der Waals surface area contributed by atoms with Crippen LogP contribution in [-0.2, 0) is 16.0 Å². The average Bonchev–Trinajstić information content (AvgIpc) is 3.51. The zero-order chi connectivity index (χ0) is 18.5. The number of nitrogens with zero attached hydrogens (tertiary/aromatic N) is 1. The van der Waals surface area contributed by atoms with E-state index in [0.717, 1.165) is 53.8 Å². The quantitative estimate of drug-likeness (QED) is 0.770. The molecule has 0 bridgehead atoms. The van der Waals surface area contributed by atoms with Crippen molar-refractivity contribution in [3.63, 3.8) is 0 Å². The Morgan fingerprint density at radius 2 is 1.88 bits per heavy atom. The zero-order valence-corrected chi connectivity index (χ0v) is 15.3. The molecule has 0 aromatic heterocycles. The fraction of sp³-hybridized carbons (Fsp3) is 0.550.